The van der Waals surface area contributed by atoms with Gasteiger partial charge >= 0.3 is 11.9 Å². The molecule has 20 heavy (non-hydrogen) atoms. The van der Waals surface area contributed by atoms with Crippen LogP contribution in [0.5, 0.6) is 0 Å². The van der Waals surface area contributed by atoms with E-state index in [1.165, 1.54) is 13.4 Å². The first-order valence-corrected chi connectivity index (χ1v) is 7.06. The van der Waals surface area contributed by atoms with E-state index in [2.05, 4.69) is 6.58 Å². The van der Waals surface area contributed by atoms with Gasteiger partial charge in [-0.1, -0.05) is 12.2 Å². The lowest BCUT2D eigenvalue weighted by molar-refractivity contribution is -0.150. The smallest absolute Gasteiger partial charge is 0.318 e. The fourth-order valence-corrected chi connectivity index (χ4v) is 4.37. The van der Waals surface area contributed by atoms with E-state index in [-0.39, 0.29) is 35.6 Å². The molecule has 0 aromatic carbocycles. The molecule has 5 atom stereocenters. The van der Waals surface area contributed by atoms with Crippen LogP contribution in [0, 0.1) is 29.1 Å². The Bertz CT molecular complexity index is 533. The summed E-state index contributed by atoms with van der Waals surface area (Å²) >= 11 is 0. The second-order valence-electron chi connectivity index (χ2n) is 6.41. The Labute approximate surface area is 118 Å². The maximum absolute atomic E-state index is 12.1. The van der Waals surface area contributed by atoms with Crippen molar-refractivity contribution >= 4 is 11.9 Å². The molecule has 0 unspecified atom stereocenters. The van der Waals surface area contributed by atoms with Gasteiger partial charge < -0.3 is 9.47 Å². The van der Waals surface area contributed by atoms with Crippen molar-refractivity contribution in [3.05, 3.63) is 24.0 Å². The average Bonchev–Trinajstić information content (AvgIpc) is 3.06. The topological polar surface area (TPSA) is 52.6 Å². The molecule has 108 valence electrons. The van der Waals surface area contributed by atoms with Crippen LogP contribution in [0.15, 0.2) is 24.0 Å². The summed E-state index contributed by atoms with van der Waals surface area (Å²) in [6, 6.07) is 0. The van der Waals surface area contributed by atoms with Crippen molar-refractivity contribution in [3.8, 4) is 0 Å². The zero-order chi connectivity index (χ0) is 14.7. The molecule has 2 fully saturated rings. The molecule has 4 heteroatoms. The number of ether oxygens (including phenoxy) is 2. The quantitative estimate of drug-likeness (QED) is 0.545. The van der Waals surface area contributed by atoms with E-state index in [1.807, 2.05) is 13.8 Å². The van der Waals surface area contributed by atoms with Crippen LogP contribution in [0.4, 0.5) is 0 Å². The predicted molar refractivity (Wildman–Crippen MR) is 72.3 cm³/mol. The molecule has 2 saturated carbocycles. The normalized spacial score (nSPS) is 42.6. The van der Waals surface area contributed by atoms with Crippen LogP contribution in [0.2, 0.25) is 0 Å². The summed E-state index contributed by atoms with van der Waals surface area (Å²) in [5.41, 5.74) is 1.50. The van der Waals surface area contributed by atoms with Crippen molar-refractivity contribution in [2.24, 2.45) is 29.1 Å². The number of cyclic esters (lactones) is 1. The molecule has 0 aromatic heterocycles. The van der Waals surface area contributed by atoms with E-state index >= 15 is 0 Å². The minimum atomic E-state index is -0.467. The van der Waals surface area contributed by atoms with Gasteiger partial charge in [-0.3, -0.25) is 9.59 Å². The lowest BCUT2D eigenvalue weighted by Gasteiger charge is -2.31. The molecule has 1 aliphatic heterocycles. The molecule has 0 aromatic rings. The van der Waals surface area contributed by atoms with Crippen molar-refractivity contribution in [3.63, 3.8) is 0 Å². The summed E-state index contributed by atoms with van der Waals surface area (Å²) in [6.45, 7) is 8.00. The van der Waals surface area contributed by atoms with E-state index in [0.29, 0.717) is 0 Å². The Kier molecular flexibility index (Phi) is 2.82. The molecule has 0 N–H and O–H groups in total. The molecule has 0 radical (unpaired) electrons. The Morgan fingerprint density at radius 1 is 1.55 bits per heavy atom. The zero-order valence-corrected chi connectivity index (χ0v) is 12.1. The highest BCUT2D eigenvalue weighted by Gasteiger charge is 2.71. The fourth-order valence-electron chi connectivity index (χ4n) is 4.37. The minimum absolute atomic E-state index is 0.0281. The summed E-state index contributed by atoms with van der Waals surface area (Å²) in [5.74, 6) is -0.239. The van der Waals surface area contributed by atoms with E-state index in [4.69, 9.17) is 9.47 Å². The van der Waals surface area contributed by atoms with Crippen LogP contribution in [-0.4, -0.2) is 19.0 Å². The molecule has 2 aliphatic carbocycles. The SMILES string of the molecule is C=C1CC[C@H]2[C@@H]([C@H]3C(C)=COC(=O)[C@@H]13)[C@]2(C)C(=O)OC. The van der Waals surface area contributed by atoms with Crippen LogP contribution >= 0.6 is 0 Å². The zero-order valence-electron chi connectivity index (χ0n) is 12.1. The first-order chi connectivity index (χ1) is 9.42. The maximum atomic E-state index is 12.1. The van der Waals surface area contributed by atoms with E-state index in [0.717, 1.165) is 24.0 Å². The van der Waals surface area contributed by atoms with Crippen molar-refractivity contribution in [1.29, 1.82) is 0 Å². The van der Waals surface area contributed by atoms with Gasteiger partial charge in [0.15, 0.2) is 0 Å². The van der Waals surface area contributed by atoms with E-state index < -0.39 is 5.41 Å². The Hall–Kier alpha value is -1.58. The number of allylic oxidation sites excluding steroid dienone is 1. The molecular weight excluding hydrogens is 256 g/mol. The van der Waals surface area contributed by atoms with Gasteiger partial charge in [-0.2, -0.15) is 0 Å². The van der Waals surface area contributed by atoms with E-state index in [9.17, 15) is 9.59 Å². The number of methoxy groups -OCH3 is 1. The molecule has 0 amide bonds. The van der Waals surface area contributed by atoms with Crippen LogP contribution in [0.1, 0.15) is 26.7 Å². The third-order valence-electron chi connectivity index (χ3n) is 5.52. The molecule has 3 rings (SSSR count). The number of esters is 2. The third-order valence-corrected chi connectivity index (χ3v) is 5.52. The molecule has 1 heterocycles. The number of carbonyl (C=O) groups excluding carboxylic acids is 2. The first-order valence-electron chi connectivity index (χ1n) is 7.06. The van der Waals surface area contributed by atoms with Crippen LogP contribution in [0.3, 0.4) is 0 Å². The molecule has 0 spiro atoms. The molecule has 0 bridgehead atoms. The van der Waals surface area contributed by atoms with Crippen LogP contribution < -0.4 is 0 Å². The van der Waals surface area contributed by atoms with Crippen molar-refractivity contribution in [2.75, 3.05) is 7.11 Å². The van der Waals surface area contributed by atoms with Gasteiger partial charge in [-0.15, -0.1) is 0 Å². The maximum Gasteiger partial charge on any atom is 0.318 e. The molecule has 4 nitrogen and oxygen atoms in total. The summed E-state index contributed by atoms with van der Waals surface area (Å²) in [5, 5.41) is 0. The van der Waals surface area contributed by atoms with Crippen molar-refractivity contribution in [1.82, 2.24) is 0 Å². The predicted octanol–water partition coefficient (Wildman–Crippen LogP) is 2.45. The highest BCUT2D eigenvalue weighted by molar-refractivity contribution is 5.83. The second-order valence-corrected chi connectivity index (χ2v) is 6.41. The highest BCUT2D eigenvalue weighted by atomic mass is 16.5. The number of rotatable bonds is 1. The van der Waals surface area contributed by atoms with E-state index in [1.54, 1.807) is 0 Å². The summed E-state index contributed by atoms with van der Waals surface area (Å²) < 4.78 is 10.1. The molecule has 0 saturated heterocycles. The number of fused-ring (bicyclic) bond motifs is 3. The minimum Gasteiger partial charge on any atom is -0.469 e. The van der Waals surface area contributed by atoms with Crippen LogP contribution in [0.25, 0.3) is 0 Å². The van der Waals surface area contributed by atoms with Gasteiger partial charge in [0.05, 0.1) is 24.7 Å². The van der Waals surface area contributed by atoms with Gasteiger partial charge in [0.1, 0.15) is 0 Å². The Morgan fingerprint density at radius 3 is 2.90 bits per heavy atom. The largest absolute Gasteiger partial charge is 0.469 e. The number of hydrogen-bond donors (Lipinski definition) is 0. The monoisotopic (exact) mass is 276 g/mol. The third kappa shape index (κ3) is 1.54. The molecule has 3 aliphatic rings. The van der Waals surface area contributed by atoms with Gasteiger partial charge in [0.2, 0.25) is 0 Å². The highest BCUT2D eigenvalue weighted by Crippen LogP contribution is 2.69. The Morgan fingerprint density at radius 2 is 2.25 bits per heavy atom. The summed E-state index contributed by atoms with van der Waals surface area (Å²) in [7, 11) is 1.43. The number of hydrogen-bond acceptors (Lipinski definition) is 4. The summed E-state index contributed by atoms with van der Waals surface area (Å²) in [6.07, 6.45) is 3.20. The summed E-state index contributed by atoms with van der Waals surface area (Å²) in [4.78, 5) is 24.2. The Balaban J connectivity index is 2.02. The van der Waals surface area contributed by atoms with Crippen molar-refractivity contribution in [2.45, 2.75) is 26.7 Å². The molecular formula is C16H20O4. The standard InChI is InChI=1S/C16H20O4/c1-8-5-6-10-13(16(10,3)15(18)19-4)11-9(2)7-20-14(17)12(8)11/h7,10-13H,1,5-6H2,2-4H3/t10-,11-,12-,13-,16+/m0/s1. The van der Waals surface area contributed by atoms with Gasteiger partial charge in [0, 0.05) is 5.92 Å². The number of carbonyl (C=O) groups is 2. The average molecular weight is 276 g/mol. The van der Waals surface area contributed by atoms with Crippen molar-refractivity contribution < 1.29 is 19.1 Å². The van der Waals surface area contributed by atoms with Gasteiger partial charge in [0.25, 0.3) is 0 Å². The fraction of sp³-hybridized carbons (Fsp3) is 0.625. The van der Waals surface area contributed by atoms with Crippen LogP contribution in [-0.2, 0) is 19.1 Å². The lowest BCUT2D eigenvalue weighted by atomic mass is 9.76. The van der Waals surface area contributed by atoms with Gasteiger partial charge in [-0.05, 0) is 44.1 Å². The second kappa shape index (κ2) is 4.21. The first kappa shape index (κ1) is 13.4. The van der Waals surface area contributed by atoms with Gasteiger partial charge in [-0.25, -0.2) is 0 Å². The lowest BCUT2D eigenvalue weighted by Crippen LogP contribution is -2.34.